The van der Waals surface area contributed by atoms with Gasteiger partial charge in [0.05, 0.1) is 19.7 Å². The van der Waals surface area contributed by atoms with Crippen LogP contribution in [0.5, 0.6) is 11.5 Å². The molecule has 7 heteroatoms. The molecule has 0 saturated carbocycles. The smallest absolute Gasteiger partial charge is 0.229 e. The molecule has 1 aromatic heterocycles. The minimum atomic E-state index is 0.496. The number of hydrogen-bond donors (Lipinski definition) is 2. The molecule has 0 unspecified atom stereocenters. The van der Waals surface area contributed by atoms with Crippen molar-refractivity contribution in [3.05, 3.63) is 72.3 Å². The maximum atomic E-state index is 5.49. The highest BCUT2D eigenvalue weighted by Gasteiger charge is 2.14. The maximum absolute atomic E-state index is 5.49. The predicted octanol–water partition coefficient (Wildman–Crippen LogP) is 5.07. The molecular weight excluding hydrogens is 402 g/mol. The summed E-state index contributed by atoms with van der Waals surface area (Å²) < 4.78 is 11.0. The molecule has 0 aliphatic carbocycles. The van der Waals surface area contributed by atoms with Gasteiger partial charge in [-0.1, -0.05) is 36.4 Å². The summed E-state index contributed by atoms with van der Waals surface area (Å²) in [7, 11) is 7.26. The third kappa shape index (κ3) is 4.67. The van der Waals surface area contributed by atoms with Gasteiger partial charge in [-0.2, -0.15) is 4.98 Å². The summed E-state index contributed by atoms with van der Waals surface area (Å²) in [6, 6.07) is 22.1. The van der Waals surface area contributed by atoms with E-state index in [0.717, 1.165) is 27.8 Å². The topological polar surface area (TPSA) is 71.5 Å². The Labute approximate surface area is 188 Å². The molecule has 164 valence electrons. The zero-order chi connectivity index (χ0) is 22.5. The first-order valence-corrected chi connectivity index (χ1v) is 10.3. The van der Waals surface area contributed by atoms with E-state index >= 15 is 0 Å². The Bertz CT molecular complexity index is 1210. The number of nitrogens with zero attached hydrogens (tertiary/aromatic N) is 3. The van der Waals surface area contributed by atoms with Gasteiger partial charge in [-0.15, -0.1) is 0 Å². The Hall–Kier alpha value is -4.00. The third-order valence-electron chi connectivity index (χ3n) is 5.12. The fourth-order valence-corrected chi connectivity index (χ4v) is 3.42. The molecule has 0 amide bonds. The number of aromatic nitrogens is 2. The normalized spacial score (nSPS) is 10.6. The maximum Gasteiger partial charge on any atom is 0.229 e. The van der Waals surface area contributed by atoms with Crippen LogP contribution in [0.2, 0.25) is 0 Å². The molecule has 0 aliphatic heterocycles. The number of benzene rings is 3. The quantitative estimate of drug-likeness (QED) is 0.405. The van der Waals surface area contributed by atoms with Crippen LogP contribution < -0.4 is 25.0 Å². The summed E-state index contributed by atoms with van der Waals surface area (Å²) in [4.78, 5) is 11.6. The van der Waals surface area contributed by atoms with Gasteiger partial charge in [0.1, 0.15) is 5.82 Å². The van der Waals surface area contributed by atoms with Crippen molar-refractivity contribution in [2.45, 2.75) is 6.54 Å². The lowest BCUT2D eigenvalue weighted by atomic mass is 10.2. The predicted molar refractivity (Wildman–Crippen MR) is 130 cm³/mol. The molecule has 4 aromatic rings. The van der Waals surface area contributed by atoms with Crippen molar-refractivity contribution in [3.63, 3.8) is 0 Å². The van der Waals surface area contributed by atoms with E-state index in [0.29, 0.717) is 29.8 Å². The van der Waals surface area contributed by atoms with Crippen molar-refractivity contribution in [1.82, 2.24) is 9.97 Å². The molecule has 0 fully saturated rings. The van der Waals surface area contributed by atoms with Gasteiger partial charge >= 0.3 is 0 Å². The Morgan fingerprint density at radius 3 is 2.31 bits per heavy atom. The number of anilines is 4. The largest absolute Gasteiger partial charge is 0.493 e. The summed E-state index contributed by atoms with van der Waals surface area (Å²) in [5.74, 6) is 2.46. The lowest BCUT2D eigenvalue weighted by Crippen LogP contribution is -2.09. The summed E-state index contributed by atoms with van der Waals surface area (Å²) in [5.41, 5.74) is 3.90. The Balaban J connectivity index is 1.74. The van der Waals surface area contributed by atoms with E-state index in [-0.39, 0.29) is 0 Å². The van der Waals surface area contributed by atoms with Gasteiger partial charge in [-0.3, -0.25) is 0 Å². The van der Waals surface area contributed by atoms with Crippen LogP contribution in [0.1, 0.15) is 5.56 Å². The zero-order valence-electron chi connectivity index (χ0n) is 18.7. The average molecular weight is 430 g/mol. The molecule has 32 heavy (non-hydrogen) atoms. The van der Waals surface area contributed by atoms with Crippen LogP contribution in [-0.2, 0) is 6.54 Å². The first-order valence-electron chi connectivity index (χ1n) is 10.3. The fraction of sp³-hybridized carbons (Fsp3) is 0.200. The molecule has 1 heterocycles. The van der Waals surface area contributed by atoms with Gasteiger partial charge < -0.3 is 25.0 Å². The van der Waals surface area contributed by atoms with Crippen LogP contribution in [0.3, 0.4) is 0 Å². The van der Waals surface area contributed by atoms with E-state index in [4.69, 9.17) is 19.4 Å². The number of methoxy groups -OCH3 is 2. The van der Waals surface area contributed by atoms with E-state index in [9.17, 15) is 0 Å². The van der Waals surface area contributed by atoms with Crippen LogP contribution >= 0.6 is 0 Å². The number of rotatable bonds is 8. The molecule has 0 bridgehead atoms. The van der Waals surface area contributed by atoms with Gasteiger partial charge in [-0.05, 0) is 29.8 Å². The van der Waals surface area contributed by atoms with Crippen molar-refractivity contribution in [2.24, 2.45) is 0 Å². The molecule has 2 N–H and O–H groups in total. The van der Waals surface area contributed by atoms with Crippen LogP contribution in [0, 0.1) is 0 Å². The van der Waals surface area contributed by atoms with Crippen LogP contribution in [0.4, 0.5) is 23.1 Å². The van der Waals surface area contributed by atoms with E-state index in [2.05, 4.69) is 39.8 Å². The molecule has 4 rings (SSSR count). The van der Waals surface area contributed by atoms with Gasteiger partial charge in [0, 0.05) is 43.5 Å². The monoisotopic (exact) mass is 429 g/mol. The highest BCUT2D eigenvalue weighted by Crippen LogP contribution is 2.35. The van der Waals surface area contributed by atoms with Gasteiger partial charge in [0.15, 0.2) is 11.5 Å². The van der Waals surface area contributed by atoms with E-state index in [1.165, 1.54) is 0 Å². The van der Waals surface area contributed by atoms with Crippen molar-refractivity contribution in [1.29, 1.82) is 0 Å². The molecule has 0 atom stereocenters. The van der Waals surface area contributed by atoms with Gasteiger partial charge in [0.25, 0.3) is 0 Å². The van der Waals surface area contributed by atoms with E-state index < -0.39 is 0 Å². The van der Waals surface area contributed by atoms with Crippen molar-refractivity contribution < 1.29 is 9.47 Å². The lowest BCUT2D eigenvalue weighted by molar-refractivity contribution is 0.356. The van der Waals surface area contributed by atoms with Crippen molar-refractivity contribution in [3.8, 4) is 11.5 Å². The van der Waals surface area contributed by atoms with E-state index in [1.54, 1.807) is 14.2 Å². The molecule has 3 aromatic carbocycles. The second-order valence-corrected chi connectivity index (χ2v) is 7.53. The summed E-state index contributed by atoms with van der Waals surface area (Å²) >= 11 is 0. The number of ether oxygens (including phenoxy) is 2. The standard InChI is InChI=1S/C25H27N5O2/c1-30(2)19-12-8-11-18(13-19)27-25-28-21-15-23(32-4)22(31-3)14-20(21)24(29-25)26-16-17-9-6-5-7-10-17/h5-15H,16H2,1-4H3,(H2,26,27,28,29). The summed E-state index contributed by atoms with van der Waals surface area (Å²) in [6.07, 6.45) is 0. The van der Waals surface area contributed by atoms with Crippen molar-refractivity contribution in [2.75, 3.05) is 43.8 Å². The average Bonchev–Trinajstić information content (AvgIpc) is 2.82. The number of hydrogen-bond acceptors (Lipinski definition) is 7. The Morgan fingerprint density at radius 1 is 0.844 bits per heavy atom. The van der Waals surface area contributed by atoms with Crippen LogP contribution in [-0.4, -0.2) is 38.3 Å². The zero-order valence-corrected chi connectivity index (χ0v) is 18.7. The van der Waals surface area contributed by atoms with Gasteiger partial charge in [0.2, 0.25) is 5.95 Å². The van der Waals surface area contributed by atoms with Gasteiger partial charge in [-0.25, -0.2) is 4.98 Å². The minimum absolute atomic E-state index is 0.496. The van der Waals surface area contributed by atoms with Crippen LogP contribution in [0.15, 0.2) is 66.7 Å². The molecule has 0 saturated heterocycles. The first-order chi connectivity index (χ1) is 15.6. The van der Waals surface area contributed by atoms with Crippen LogP contribution in [0.25, 0.3) is 10.9 Å². The minimum Gasteiger partial charge on any atom is -0.493 e. The third-order valence-corrected chi connectivity index (χ3v) is 5.12. The first kappa shape index (κ1) is 21.2. The molecule has 0 aliphatic rings. The highest BCUT2D eigenvalue weighted by atomic mass is 16.5. The Morgan fingerprint density at radius 2 is 1.59 bits per heavy atom. The van der Waals surface area contributed by atoms with E-state index in [1.807, 2.05) is 56.6 Å². The second-order valence-electron chi connectivity index (χ2n) is 7.53. The highest BCUT2D eigenvalue weighted by molar-refractivity contribution is 5.93. The Kier molecular flexibility index (Phi) is 6.26. The second kappa shape index (κ2) is 9.43. The summed E-state index contributed by atoms with van der Waals surface area (Å²) in [6.45, 7) is 0.636. The molecular formula is C25H27N5O2. The summed E-state index contributed by atoms with van der Waals surface area (Å²) in [5, 5.41) is 7.64. The van der Waals surface area contributed by atoms with Crippen molar-refractivity contribution >= 4 is 34.0 Å². The molecule has 7 nitrogen and oxygen atoms in total. The number of fused-ring (bicyclic) bond motifs is 1. The SMILES string of the molecule is COc1cc2nc(Nc3cccc(N(C)C)c3)nc(NCc3ccccc3)c2cc1OC. The molecule has 0 spiro atoms. The number of nitrogens with one attached hydrogen (secondary N) is 2. The molecule has 0 radical (unpaired) electrons. The lowest BCUT2D eigenvalue weighted by Gasteiger charge is -2.16. The fourth-order valence-electron chi connectivity index (χ4n) is 3.42.